The van der Waals surface area contributed by atoms with Gasteiger partial charge in [-0.3, -0.25) is 0 Å². The molecule has 10 rings (SSSR count). The molecule has 0 fully saturated rings. The predicted molar refractivity (Wildman–Crippen MR) is 268 cm³/mol. The van der Waals surface area contributed by atoms with Gasteiger partial charge in [-0.25, -0.2) is 0 Å². The third-order valence-electron chi connectivity index (χ3n) is 13.2. The minimum absolute atomic E-state index is 1.13. The van der Waals surface area contributed by atoms with Crippen LogP contribution in [0.5, 0.6) is 0 Å². The number of hydrogen-bond acceptors (Lipinski definition) is 2. The Morgan fingerprint density at radius 2 is 0.613 bits per heavy atom. The van der Waals surface area contributed by atoms with Gasteiger partial charge in [-0.1, -0.05) is 121 Å². The summed E-state index contributed by atoms with van der Waals surface area (Å²) in [5.41, 5.74) is 22.1. The van der Waals surface area contributed by atoms with Crippen LogP contribution in [-0.2, 0) is 0 Å². The van der Waals surface area contributed by atoms with Gasteiger partial charge in [0.15, 0.2) is 0 Å². The molecule has 0 aliphatic rings. The molecule has 0 unspecified atom stereocenters. The molecular weight excluding hydrogens is 749 g/mol. The van der Waals surface area contributed by atoms with Gasteiger partial charge >= 0.3 is 0 Å². The Bertz CT molecular complexity index is 3060. The van der Waals surface area contributed by atoms with E-state index in [-0.39, 0.29) is 0 Å². The fraction of sp³-hybridized carbons (Fsp3) is 0.133. The zero-order chi connectivity index (χ0) is 42.8. The van der Waals surface area contributed by atoms with Gasteiger partial charge in [0.1, 0.15) is 0 Å². The topological polar surface area (TPSA) is 6.48 Å². The van der Waals surface area contributed by atoms with Crippen LogP contribution in [0.3, 0.4) is 0 Å². The van der Waals surface area contributed by atoms with Crippen LogP contribution in [-0.4, -0.2) is 0 Å². The van der Waals surface area contributed by atoms with E-state index in [0.29, 0.717) is 0 Å². The Balaban J connectivity index is 1.25. The van der Waals surface area contributed by atoms with Crippen molar-refractivity contribution >= 4 is 66.4 Å². The van der Waals surface area contributed by atoms with Crippen LogP contribution in [0.15, 0.2) is 170 Å². The Morgan fingerprint density at radius 3 is 0.984 bits per heavy atom. The van der Waals surface area contributed by atoms with Gasteiger partial charge in [-0.15, -0.1) is 0 Å². The Labute approximate surface area is 366 Å². The maximum atomic E-state index is 2.50. The molecule has 10 aromatic carbocycles. The lowest BCUT2D eigenvalue weighted by Crippen LogP contribution is -2.13. The summed E-state index contributed by atoms with van der Waals surface area (Å²) in [5, 5.41) is 7.65. The van der Waals surface area contributed by atoms with E-state index >= 15 is 0 Å². The number of hydrogen-bond donors (Lipinski definition) is 0. The maximum Gasteiger partial charge on any atom is 0.0543 e. The quantitative estimate of drug-likeness (QED) is 0.141. The lowest BCUT2D eigenvalue weighted by molar-refractivity contribution is 1.25. The molecule has 0 aliphatic heterocycles. The monoisotopic (exact) mass is 800 g/mol. The standard InChI is InChI=1S/C60H52N2/c1-37-25-27-45(57-39(3)17-15-18-40(57)4)35-53(37)61(47-21-11-9-12-22-47)55-33-43(7)49-30-32-52-56(34-44(8)50-29-31-51(55)59(49)60(50)52)62(48-23-13-10-14-24-48)54-36-46(28-26-38(54)2)58-41(5)19-16-20-42(58)6/h9-36H,1-8H3. The first-order chi connectivity index (χ1) is 30.1. The van der Waals surface area contributed by atoms with Crippen LogP contribution in [0, 0.1) is 55.4 Å². The highest BCUT2D eigenvalue weighted by Crippen LogP contribution is 2.50. The first-order valence-corrected chi connectivity index (χ1v) is 21.9. The smallest absolute Gasteiger partial charge is 0.0543 e. The molecule has 0 heterocycles. The van der Waals surface area contributed by atoms with E-state index in [1.165, 1.54) is 122 Å². The molecule has 10 aromatic rings. The van der Waals surface area contributed by atoms with E-state index in [9.17, 15) is 0 Å². The highest BCUT2D eigenvalue weighted by Gasteiger charge is 2.25. The van der Waals surface area contributed by atoms with Crippen LogP contribution in [0.4, 0.5) is 34.1 Å². The molecule has 0 radical (unpaired) electrons. The Kier molecular flexibility index (Phi) is 9.68. The number of rotatable bonds is 8. The normalized spacial score (nSPS) is 11.5. The second-order valence-electron chi connectivity index (χ2n) is 17.4. The molecule has 0 spiro atoms. The number of anilines is 6. The first-order valence-electron chi connectivity index (χ1n) is 21.9. The number of para-hydroxylation sites is 2. The zero-order valence-corrected chi connectivity index (χ0v) is 37.1. The molecule has 302 valence electrons. The van der Waals surface area contributed by atoms with Crippen LogP contribution in [0.25, 0.3) is 54.6 Å². The van der Waals surface area contributed by atoms with Crippen molar-refractivity contribution in [2.75, 3.05) is 9.80 Å². The minimum Gasteiger partial charge on any atom is -0.310 e. The van der Waals surface area contributed by atoms with Gasteiger partial charge < -0.3 is 9.80 Å². The summed E-state index contributed by atoms with van der Waals surface area (Å²) < 4.78 is 0. The van der Waals surface area contributed by atoms with Gasteiger partial charge in [0.25, 0.3) is 0 Å². The van der Waals surface area contributed by atoms with E-state index in [1.54, 1.807) is 0 Å². The number of benzene rings is 10. The van der Waals surface area contributed by atoms with Crippen LogP contribution in [0.2, 0.25) is 0 Å². The fourth-order valence-corrected chi connectivity index (χ4v) is 10.2. The molecule has 0 saturated carbocycles. The third kappa shape index (κ3) is 6.41. The molecular formula is C60H52N2. The summed E-state index contributed by atoms with van der Waals surface area (Å²) in [6.45, 7) is 17.9. The van der Waals surface area contributed by atoms with E-state index in [4.69, 9.17) is 0 Å². The van der Waals surface area contributed by atoms with Gasteiger partial charge in [0, 0.05) is 33.5 Å². The zero-order valence-electron chi connectivity index (χ0n) is 37.1. The molecule has 0 bridgehead atoms. The summed E-state index contributed by atoms with van der Waals surface area (Å²) >= 11 is 0. The highest BCUT2D eigenvalue weighted by molar-refractivity contribution is 6.29. The van der Waals surface area contributed by atoms with E-state index in [2.05, 4.69) is 235 Å². The van der Waals surface area contributed by atoms with Crippen LogP contribution < -0.4 is 9.80 Å². The number of nitrogens with zero attached hydrogens (tertiary/aromatic N) is 2. The minimum atomic E-state index is 1.13. The molecule has 2 heteroatoms. The second kappa shape index (κ2) is 15.4. The largest absolute Gasteiger partial charge is 0.310 e. The van der Waals surface area contributed by atoms with Crippen molar-refractivity contribution in [1.29, 1.82) is 0 Å². The van der Waals surface area contributed by atoms with Gasteiger partial charge in [0.2, 0.25) is 0 Å². The Morgan fingerprint density at radius 1 is 0.258 bits per heavy atom. The van der Waals surface area contributed by atoms with E-state index in [1.807, 2.05) is 0 Å². The number of aryl methyl sites for hydroxylation is 8. The summed E-state index contributed by atoms with van der Waals surface area (Å²) in [7, 11) is 0. The van der Waals surface area contributed by atoms with Crippen molar-refractivity contribution in [3.8, 4) is 22.3 Å². The van der Waals surface area contributed by atoms with Gasteiger partial charge in [-0.2, -0.15) is 0 Å². The van der Waals surface area contributed by atoms with E-state index < -0.39 is 0 Å². The average molecular weight is 801 g/mol. The van der Waals surface area contributed by atoms with Gasteiger partial charge in [0.05, 0.1) is 11.4 Å². The predicted octanol–water partition coefficient (Wildman–Crippen LogP) is 17.3. The van der Waals surface area contributed by atoms with Crippen molar-refractivity contribution in [2.45, 2.75) is 55.4 Å². The van der Waals surface area contributed by atoms with Gasteiger partial charge in [-0.05, 0) is 192 Å². The van der Waals surface area contributed by atoms with Crippen LogP contribution >= 0.6 is 0 Å². The van der Waals surface area contributed by atoms with Crippen molar-refractivity contribution in [3.05, 3.63) is 214 Å². The molecule has 0 amide bonds. The second-order valence-corrected chi connectivity index (χ2v) is 17.4. The fourth-order valence-electron chi connectivity index (χ4n) is 10.2. The molecule has 0 aliphatic carbocycles. The van der Waals surface area contributed by atoms with Crippen molar-refractivity contribution in [3.63, 3.8) is 0 Å². The lowest BCUT2D eigenvalue weighted by Gasteiger charge is -2.32. The molecule has 0 atom stereocenters. The third-order valence-corrected chi connectivity index (χ3v) is 13.2. The van der Waals surface area contributed by atoms with Crippen LogP contribution in [0.1, 0.15) is 44.5 Å². The first kappa shape index (κ1) is 39.0. The summed E-state index contributed by atoms with van der Waals surface area (Å²) in [5.74, 6) is 0. The lowest BCUT2D eigenvalue weighted by atomic mass is 9.88. The molecule has 0 N–H and O–H groups in total. The average Bonchev–Trinajstić information content (AvgIpc) is 3.27. The SMILES string of the molecule is Cc1ccc(-c2c(C)cccc2C)cc1N(c1ccccc1)c1cc(C)c2ccc3c(N(c4ccccc4)c4cc(-c5c(C)cccc5C)ccc4C)cc(C)c4ccc1c2c43. The van der Waals surface area contributed by atoms with Crippen molar-refractivity contribution < 1.29 is 0 Å². The summed E-state index contributed by atoms with van der Waals surface area (Å²) in [6, 6.07) is 63.3. The van der Waals surface area contributed by atoms with Crippen molar-refractivity contribution in [1.82, 2.24) is 0 Å². The highest BCUT2D eigenvalue weighted by atomic mass is 15.2. The Hall–Kier alpha value is -7.16. The summed E-state index contributed by atoms with van der Waals surface area (Å²) in [4.78, 5) is 5.00. The summed E-state index contributed by atoms with van der Waals surface area (Å²) in [6.07, 6.45) is 0. The molecule has 62 heavy (non-hydrogen) atoms. The molecule has 0 saturated heterocycles. The van der Waals surface area contributed by atoms with Crippen molar-refractivity contribution in [2.24, 2.45) is 0 Å². The molecule has 0 aromatic heterocycles. The van der Waals surface area contributed by atoms with E-state index in [0.717, 1.165) is 11.4 Å². The molecule has 2 nitrogen and oxygen atoms in total. The maximum absolute atomic E-state index is 2.50.